The highest BCUT2D eigenvalue weighted by atomic mass is 32.1. The number of nitrogens with zero attached hydrogens (tertiary/aromatic N) is 1. The lowest BCUT2D eigenvalue weighted by Crippen LogP contribution is -2.33. The van der Waals surface area contributed by atoms with E-state index >= 15 is 0 Å². The number of rotatable bonds is 9. The first-order valence-corrected chi connectivity index (χ1v) is 11.6. The quantitative estimate of drug-likeness (QED) is 0.204. The van der Waals surface area contributed by atoms with Crippen molar-refractivity contribution in [1.29, 1.82) is 0 Å². The first-order valence-electron chi connectivity index (χ1n) is 6.95. The van der Waals surface area contributed by atoms with Gasteiger partial charge >= 0.3 is 16.0 Å². The molecule has 2 rings (SSSR count). The summed E-state index contributed by atoms with van der Waals surface area (Å²) in [7, 11) is -11.0. The predicted octanol–water partition coefficient (Wildman–Crippen LogP) is -1.14. The topological polar surface area (TPSA) is 231 Å². The van der Waals surface area contributed by atoms with Crippen LogP contribution in [0.25, 0.3) is 0 Å². The summed E-state index contributed by atoms with van der Waals surface area (Å²) >= 11 is 0.357. The lowest BCUT2D eigenvalue weighted by Gasteiger charge is -2.16. The number of halogens is 1. The molecule has 0 spiro atoms. The van der Waals surface area contributed by atoms with Gasteiger partial charge in [-0.15, -0.1) is 4.31 Å². The second-order valence-electron chi connectivity index (χ2n) is 5.16. The molecular formula is C9H15FN2O12P3S+. The normalized spacial score (nSPS) is 28.1. The highest BCUT2D eigenvalue weighted by Gasteiger charge is 2.46. The first-order chi connectivity index (χ1) is 12.8. The van der Waals surface area contributed by atoms with E-state index < -0.39 is 72.8 Å². The average molecular weight is 487 g/mol. The standard InChI is InChI=1S/C9H14FN2O12P3S/c10-7-3(8(11)15)12-9(28-7)6-5(14)4(13)2(22-6)1-21-27(19,20)24-25-23-26(16,17)18/h2,4-6,13-14,16-18,25H,1H2,(H2-,11,15,19,20)/p+1/t2-,4-,5-,6-/m1/s1. The number of nitrogens with two attached hydrogens (primary N) is 1. The van der Waals surface area contributed by atoms with E-state index in [1.54, 1.807) is 0 Å². The van der Waals surface area contributed by atoms with Gasteiger partial charge in [-0.05, 0) is 0 Å². The van der Waals surface area contributed by atoms with E-state index in [-0.39, 0.29) is 5.01 Å². The Kier molecular flexibility index (Phi) is 7.92. The van der Waals surface area contributed by atoms with Crippen molar-refractivity contribution in [2.45, 2.75) is 24.4 Å². The fraction of sp³-hybridized carbons (Fsp3) is 0.556. The Bertz CT molecular complexity index is 761. The lowest BCUT2D eigenvalue weighted by atomic mass is 10.1. The molecule has 0 radical (unpaired) electrons. The Hall–Kier alpha value is -0.280. The van der Waals surface area contributed by atoms with Crippen LogP contribution in [0.1, 0.15) is 21.6 Å². The van der Waals surface area contributed by atoms with Crippen LogP contribution in [0.5, 0.6) is 0 Å². The number of amides is 1. The number of ether oxygens (including phenoxy) is 1. The van der Waals surface area contributed by atoms with Crippen molar-refractivity contribution >= 4 is 42.3 Å². The third-order valence-corrected chi connectivity index (χ3v) is 7.04. The molecule has 19 heteroatoms. The fourth-order valence-corrected chi connectivity index (χ4v) is 4.62. The van der Waals surface area contributed by atoms with Crippen LogP contribution in [0, 0.1) is 5.13 Å². The summed E-state index contributed by atoms with van der Waals surface area (Å²) in [6.45, 7) is -0.790. The second-order valence-corrected chi connectivity index (χ2v) is 9.99. The van der Waals surface area contributed by atoms with Gasteiger partial charge in [0.05, 0.1) is 6.61 Å². The van der Waals surface area contributed by atoms with Gasteiger partial charge in [0.2, 0.25) is 14.2 Å². The summed E-state index contributed by atoms with van der Waals surface area (Å²) in [4.78, 5) is 49.7. The molecule has 2 heterocycles. The maximum atomic E-state index is 13.6. The molecule has 0 aromatic carbocycles. The number of carbonyl (C=O) groups is 1. The van der Waals surface area contributed by atoms with Crippen molar-refractivity contribution < 1.29 is 61.4 Å². The maximum Gasteiger partial charge on any atom is 0.572 e. The van der Waals surface area contributed by atoms with Crippen molar-refractivity contribution in [3.05, 3.63) is 15.8 Å². The minimum atomic E-state index is -4.82. The fourth-order valence-electron chi connectivity index (χ4n) is 1.99. The molecule has 28 heavy (non-hydrogen) atoms. The first kappa shape index (κ1) is 24.0. The van der Waals surface area contributed by atoms with Crippen molar-refractivity contribution in [1.82, 2.24) is 4.98 Å². The van der Waals surface area contributed by atoms with Crippen molar-refractivity contribution in [2.75, 3.05) is 6.61 Å². The van der Waals surface area contributed by atoms with Gasteiger partial charge < -0.3 is 25.6 Å². The van der Waals surface area contributed by atoms with Crippen LogP contribution in [0.15, 0.2) is 0 Å². The van der Waals surface area contributed by atoms with Gasteiger partial charge in [0.15, 0.2) is 5.69 Å². The van der Waals surface area contributed by atoms with E-state index in [4.69, 9.17) is 25.2 Å². The molecule has 0 saturated carbocycles. The van der Waals surface area contributed by atoms with Crippen LogP contribution in [0.2, 0.25) is 0 Å². The monoisotopic (exact) mass is 487 g/mol. The predicted molar refractivity (Wildman–Crippen MR) is 90.1 cm³/mol. The van der Waals surface area contributed by atoms with Gasteiger partial charge in [0.25, 0.3) is 5.91 Å². The van der Waals surface area contributed by atoms with E-state index in [1.807, 2.05) is 0 Å². The van der Waals surface area contributed by atoms with Crippen LogP contribution in [0.4, 0.5) is 4.39 Å². The smallest absolute Gasteiger partial charge is 0.387 e. The molecule has 160 valence electrons. The lowest BCUT2D eigenvalue weighted by molar-refractivity contribution is -0.0217. The minimum absolute atomic E-state index is 0.201. The average Bonchev–Trinajstić information content (AvgIpc) is 3.06. The molecule has 1 aromatic rings. The van der Waals surface area contributed by atoms with E-state index in [0.29, 0.717) is 11.3 Å². The largest absolute Gasteiger partial charge is 0.572 e. The van der Waals surface area contributed by atoms with Crippen molar-refractivity contribution in [3.63, 3.8) is 0 Å². The summed E-state index contributed by atoms with van der Waals surface area (Å²) < 4.78 is 43.2. The number of hydrogen-bond acceptors (Lipinski definition) is 13. The zero-order chi connectivity index (χ0) is 21.3. The Morgan fingerprint density at radius 1 is 1.39 bits per heavy atom. The summed E-state index contributed by atoms with van der Waals surface area (Å²) in [6, 6.07) is 0. The van der Waals surface area contributed by atoms with E-state index in [2.05, 4.69) is 18.1 Å². The zero-order valence-corrected chi connectivity index (χ0v) is 17.0. The zero-order valence-electron chi connectivity index (χ0n) is 13.4. The van der Waals surface area contributed by atoms with Crippen molar-refractivity contribution in [2.24, 2.45) is 5.73 Å². The van der Waals surface area contributed by atoms with E-state index in [9.17, 15) is 28.9 Å². The van der Waals surface area contributed by atoms with E-state index in [1.165, 1.54) is 0 Å². The van der Waals surface area contributed by atoms with Crippen LogP contribution in [0.3, 0.4) is 0 Å². The molecule has 1 aromatic heterocycles. The number of phosphoric ester groups is 1. The van der Waals surface area contributed by atoms with Crippen LogP contribution in [-0.2, 0) is 22.4 Å². The van der Waals surface area contributed by atoms with Crippen LogP contribution in [-0.4, -0.2) is 65.6 Å². The number of aliphatic hydroxyl groups is 2. The number of hydrogen-bond donors (Lipinski definition) is 7. The highest BCUT2D eigenvalue weighted by Crippen LogP contribution is 2.58. The Morgan fingerprint density at radius 3 is 2.57 bits per heavy atom. The molecule has 1 fully saturated rings. The molecule has 0 aliphatic carbocycles. The van der Waals surface area contributed by atoms with Gasteiger partial charge in [-0.1, -0.05) is 11.3 Å². The summed E-state index contributed by atoms with van der Waals surface area (Å²) in [5, 5.41) is 18.8. The Labute approximate surface area is 161 Å². The third-order valence-electron chi connectivity index (χ3n) is 3.16. The number of aliphatic hydroxyl groups excluding tert-OH is 2. The van der Waals surface area contributed by atoms with Crippen molar-refractivity contribution in [3.8, 4) is 0 Å². The molecule has 14 nitrogen and oxygen atoms in total. The van der Waals surface area contributed by atoms with Gasteiger partial charge in [-0.3, -0.25) is 9.32 Å². The van der Waals surface area contributed by atoms with Gasteiger partial charge in [-0.2, -0.15) is 19.1 Å². The van der Waals surface area contributed by atoms with Crippen LogP contribution >= 0.6 is 36.4 Å². The van der Waals surface area contributed by atoms with E-state index in [0.717, 1.165) is 0 Å². The SMILES string of the molecule is NC(=O)c1nc([C@@H]2O[C@H](COP(=O)(O)OPO[P+](O)(O)O)[C@@H](O)[C@H]2O)sc1F. The third kappa shape index (κ3) is 6.36. The number of carbonyl (C=O) groups excluding carboxylic acids is 1. The highest BCUT2D eigenvalue weighted by molar-refractivity contribution is 7.62. The number of phosphoric acid groups is 1. The molecule has 1 aliphatic rings. The minimum Gasteiger partial charge on any atom is -0.387 e. The molecule has 8 N–H and O–H groups in total. The molecule has 2 unspecified atom stereocenters. The molecular weight excluding hydrogens is 472 g/mol. The number of aromatic nitrogens is 1. The summed E-state index contributed by atoms with van der Waals surface area (Å²) in [5.41, 5.74) is 4.27. The van der Waals surface area contributed by atoms with Gasteiger partial charge in [0.1, 0.15) is 29.4 Å². The number of thiazole rings is 1. The summed E-state index contributed by atoms with van der Waals surface area (Å²) in [6.07, 6.45) is -6.02. The molecule has 1 aliphatic heterocycles. The number of primary amides is 1. The molecule has 1 amide bonds. The van der Waals surface area contributed by atoms with Gasteiger partial charge in [0, 0.05) is 0 Å². The molecule has 1 saturated heterocycles. The second kappa shape index (κ2) is 9.25. The molecule has 0 bridgehead atoms. The molecule has 6 atom stereocenters. The summed E-state index contributed by atoms with van der Waals surface area (Å²) in [5.74, 6) is -1.14. The van der Waals surface area contributed by atoms with Crippen LogP contribution < -0.4 is 5.73 Å². The Balaban J connectivity index is 1.96. The maximum absolute atomic E-state index is 13.6. The van der Waals surface area contributed by atoms with Gasteiger partial charge in [-0.25, -0.2) is 13.9 Å². The Morgan fingerprint density at radius 2 is 2.04 bits per heavy atom.